The summed E-state index contributed by atoms with van der Waals surface area (Å²) in [6.07, 6.45) is 2.39. The maximum Gasteiger partial charge on any atom is 0.317 e. The van der Waals surface area contributed by atoms with Crippen molar-refractivity contribution < 1.29 is 9.53 Å². The quantitative estimate of drug-likeness (QED) is 0.892. The number of amides is 2. The Morgan fingerprint density at radius 2 is 2.04 bits per heavy atom. The van der Waals surface area contributed by atoms with Crippen molar-refractivity contribution in [1.82, 2.24) is 10.2 Å². The van der Waals surface area contributed by atoms with E-state index in [2.05, 4.69) is 18.3 Å². The molecule has 1 aliphatic heterocycles. The predicted molar refractivity (Wildman–Crippen MR) is 93.7 cm³/mol. The van der Waals surface area contributed by atoms with Crippen molar-refractivity contribution in [3.8, 4) is 11.8 Å². The van der Waals surface area contributed by atoms with Crippen LogP contribution < -0.4 is 10.1 Å². The summed E-state index contributed by atoms with van der Waals surface area (Å²) in [5, 5.41) is 12.1. The summed E-state index contributed by atoms with van der Waals surface area (Å²) in [6, 6.07) is 10.0. The van der Waals surface area contributed by atoms with E-state index in [4.69, 9.17) is 10.00 Å². The number of benzene rings is 1. The molecule has 1 N–H and O–H groups in total. The summed E-state index contributed by atoms with van der Waals surface area (Å²) in [7, 11) is 0. The first kappa shape index (κ1) is 18.1. The first-order chi connectivity index (χ1) is 11.5. The topological polar surface area (TPSA) is 65.4 Å². The summed E-state index contributed by atoms with van der Waals surface area (Å²) < 4.78 is 5.88. The molecule has 1 aromatic carbocycles. The standard InChI is InChI=1S/C19H27N3O2/c1-4-17(16-7-5-6-8-18(16)24-14(2)3)21-19(23)22-11-9-15(13-20)10-12-22/h5-8,14-15,17H,4,9-12H2,1-3H3,(H,21,23)/t17-/m0/s1. The minimum atomic E-state index is -0.0823. The van der Waals surface area contributed by atoms with Gasteiger partial charge in [0.15, 0.2) is 0 Å². The molecule has 0 unspecified atom stereocenters. The second-order valence-corrected chi connectivity index (χ2v) is 6.51. The molecule has 5 heteroatoms. The van der Waals surface area contributed by atoms with Crippen LogP contribution in [0, 0.1) is 17.2 Å². The van der Waals surface area contributed by atoms with Crippen molar-refractivity contribution >= 4 is 6.03 Å². The minimum absolute atomic E-state index is 0.0578. The second kappa shape index (κ2) is 8.58. The van der Waals surface area contributed by atoms with Gasteiger partial charge in [-0.1, -0.05) is 25.1 Å². The fourth-order valence-electron chi connectivity index (χ4n) is 2.98. The number of carbonyl (C=O) groups is 1. The van der Waals surface area contributed by atoms with Crippen molar-refractivity contribution in [1.29, 1.82) is 5.26 Å². The first-order valence-electron chi connectivity index (χ1n) is 8.75. The molecule has 1 aromatic rings. The molecule has 0 radical (unpaired) electrons. The van der Waals surface area contributed by atoms with Crippen LogP contribution in [0.1, 0.15) is 51.6 Å². The lowest BCUT2D eigenvalue weighted by Crippen LogP contribution is -2.45. The molecule has 2 rings (SSSR count). The zero-order chi connectivity index (χ0) is 17.5. The van der Waals surface area contributed by atoms with E-state index >= 15 is 0 Å². The van der Waals surface area contributed by atoms with E-state index in [9.17, 15) is 4.79 Å². The van der Waals surface area contributed by atoms with Crippen molar-refractivity contribution in [2.75, 3.05) is 13.1 Å². The number of likely N-dealkylation sites (tertiary alicyclic amines) is 1. The number of hydrogen-bond acceptors (Lipinski definition) is 3. The molecular formula is C19H27N3O2. The van der Waals surface area contributed by atoms with Crippen LogP contribution in [-0.2, 0) is 0 Å². The Bertz CT molecular complexity index is 587. The molecule has 1 aliphatic rings. The third-order valence-corrected chi connectivity index (χ3v) is 4.33. The summed E-state index contributed by atoms with van der Waals surface area (Å²) in [4.78, 5) is 14.4. The van der Waals surface area contributed by atoms with Gasteiger partial charge in [-0.15, -0.1) is 0 Å². The van der Waals surface area contributed by atoms with Crippen molar-refractivity contribution in [2.24, 2.45) is 5.92 Å². The zero-order valence-electron chi connectivity index (χ0n) is 14.8. The number of ether oxygens (including phenoxy) is 1. The number of urea groups is 1. The van der Waals surface area contributed by atoms with E-state index < -0.39 is 0 Å². The zero-order valence-corrected chi connectivity index (χ0v) is 14.8. The molecule has 24 heavy (non-hydrogen) atoms. The normalized spacial score (nSPS) is 16.5. The van der Waals surface area contributed by atoms with Gasteiger partial charge in [0, 0.05) is 24.6 Å². The van der Waals surface area contributed by atoms with Crippen LogP contribution in [0.15, 0.2) is 24.3 Å². The van der Waals surface area contributed by atoms with E-state index in [0.717, 1.165) is 30.6 Å². The van der Waals surface area contributed by atoms with E-state index in [1.807, 2.05) is 43.0 Å². The maximum atomic E-state index is 12.6. The molecule has 0 saturated carbocycles. The first-order valence-corrected chi connectivity index (χ1v) is 8.75. The smallest absolute Gasteiger partial charge is 0.317 e. The molecular weight excluding hydrogens is 302 g/mol. The molecule has 130 valence electrons. The molecule has 5 nitrogen and oxygen atoms in total. The number of carbonyl (C=O) groups excluding carboxylic acids is 1. The van der Waals surface area contributed by atoms with Crippen LogP contribution in [0.3, 0.4) is 0 Å². The van der Waals surface area contributed by atoms with Crippen molar-refractivity contribution in [2.45, 2.75) is 52.2 Å². The third-order valence-electron chi connectivity index (χ3n) is 4.33. The largest absolute Gasteiger partial charge is 0.491 e. The van der Waals surface area contributed by atoms with Gasteiger partial charge in [0.2, 0.25) is 0 Å². The van der Waals surface area contributed by atoms with Crippen LogP contribution in [0.4, 0.5) is 4.79 Å². The molecule has 2 amide bonds. The Kier molecular flexibility index (Phi) is 6.48. The lowest BCUT2D eigenvalue weighted by molar-refractivity contribution is 0.174. The van der Waals surface area contributed by atoms with Gasteiger partial charge in [0.05, 0.1) is 18.2 Å². The van der Waals surface area contributed by atoms with E-state index in [-0.39, 0.29) is 24.1 Å². The van der Waals surface area contributed by atoms with Gasteiger partial charge < -0.3 is 15.0 Å². The minimum Gasteiger partial charge on any atom is -0.491 e. The van der Waals surface area contributed by atoms with Gasteiger partial charge in [0.1, 0.15) is 5.75 Å². The lowest BCUT2D eigenvalue weighted by atomic mass is 9.99. The van der Waals surface area contributed by atoms with Crippen LogP contribution in [0.2, 0.25) is 0 Å². The number of nitriles is 1. The summed E-state index contributed by atoms with van der Waals surface area (Å²) in [5.74, 6) is 0.902. The number of para-hydroxylation sites is 1. The molecule has 1 atom stereocenters. The van der Waals surface area contributed by atoms with Gasteiger partial charge in [-0.2, -0.15) is 5.26 Å². The Morgan fingerprint density at radius 3 is 2.62 bits per heavy atom. The summed E-state index contributed by atoms with van der Waals surface area (Å²) in [5.41, 5.74) is 1.01. The number of rotatable bonds is 5. The van der Waals surface area contributed by atoms with Gasteiger partial charge in [-0.3, -0.25) is 0 Å². The Labute approximate surface area is 144 Å². The molecule has 1 heterocycles. The number of nitrogens with zero attached hydrogens (tertiary/aromatic N) is 2. The van der Waals surface area contributed by atoms with Crippen LogP contribution in [-0.4, -0.2) is 30.1 Å². The average Bonchev–Trinajstić information content (AvgIpc) is 2.59. The molecule has 0 spiro atoms. The highest BCUT2D eigenvalue weighted by Gasteiger charge is 2.25. The fraction of sp³-hybridized carbons (Fsp3) is 0.579. The van der Waals surface area contributed by atoms with Crippen LogP contribution in [0.25, 0.3) is 0 Å². The highest BCUT2D eigenvalue weighted by Crippen LogP contribution is 2.28. The molecule has 0 aromatic heterocycles. The Balaban J connectivity index is 2.04. The average molecular weight is 329 g/mol. The van der Waals surface area contributed by atoms with E-state index in [1.165, 1.54) is 0 Å². The molecule has 1 fully saturated rings. The predicted octanol–water partition coefficient (Wildman–Crippen LogP) is 3.87. The Morgan fingerprint density at radius 1 is 1.38 bits per heavy atom. The maximum absolute atomic E-state index is 12.6. The molecule has 0 aliphatic carbocycles. The van der Waals surface area contributed by atoms with Crippen molar-refractivity contribution in [3.63, 3.8) is 0 Å². The highest BCUT2D eigenvalue weighted by molar-refractivity contribution is 5.75. The summed E-state index contributed by atoms with van der Waals surface area (Å²) >= 11 is 0. The van der Waals surface area contributed by atoms with Crippen LogP contribution in [0.5, 0.6) is 5.75 Å². The van der Waals surface area contributed by atoms with Crippen molar-refractivity contribution in [3.05, 3.63) is 29.8 Å². The lowest BCUT2D eigenvalue weighted by Gasteiger charge is -2.31. The second-order valence-electron chi connectivity index (χ2n) is 6.51. The monoisotopic (exact) mass is 329 g/mol. The fourth-order valence-corrected chi connectivity index (χ4v) is 2.98. The van der Waals surface area contributed by atoms with E-state index in [1.54, 1.807) is 0 Å². The van der Waals surface area contributed by atoms with Gasteiger partial charge >= 0.3 is 6.03 Å². The number of piperidine rings is 1. The molecule has 0 bridgehead atoms. The molecule has 1 saturated heterocycles. The summed E-state index contributed by atoms with van der Waals surface area (Å²) in [6.45, 7) is 7.33. The highest BCUT2D eigenvalue weighted by atomic mass is 16.5. The Hall–Kier alpha value is -2.22. The number of nitrogens with one attached hydrogen (secondary N) is 1. The number of hydrogen-bond donors (Lipinski definition) is 1. The van der Waals surface area contributed by atoms with E-state index in [0.29, 0.717) is 13.1 Å². The van der Waals surface area contributed by atoms with Gasteiger partial charge in [-0.05, 0) is 39.2 Å². The van der Waals surface area contributed by atoms with Gasteiger partial charge in [-0.25, -0.2) is 4.79 Å². The SMILES string of the molecule is CC[C@H](NC(=O)N1CCC(C#N)CC1)c1ccccc1OC(C)C. The third kappa shape index (κ3) is 4.64. The van der Waals surface area contributed by atoms with Crippen LogP contribution >= 0.6 is 0 Å². The van der Waals surface area contributed by atoms with Gasteiger partial charge in [0.25, 0.3) is 0 Å².